The molecule has 0 heterocycles. The number of hydrogen-bond donors (Lipinski definition) is 1. The van der Waals surface area contributed by atoms with Gasteiger partial charge in [0.05, 0.1) is 12.9 Å². The summed E-state index contributed by atoms with van der Waals surface area (Å²) in [7, 11) is -1.78. The van der Waals surface area contributed by atoms with Gasteiger partial charge in [0.25, 0.3) is 0 Å². The van der Waals surface area contributed by atoms with E-state index in [0.717, 1.165) is 0 Å². The molecule has 0 saturated heterocycles. The van der Waals surface area contributed by atoms with Gasteiger partial charge in [-0.2, -0.15) is 0 Å². The number of sulfonamides is 1. The number of hydrogen-bond acceptors (Lipinski definition) is 3. The van der Waals surface area contributed by atoms with Crippen molar-refractivity contribution in [1.82, 2.24) is 0 Å². The molecule has 1 unspecified atom stereocenters. The van der Waals surface area contributed by atoms with Gasteiger partial charge in [0.15, 0.2) is 0 Å². The van der Waals surface area contributed by atoms with Crippen LogP contribution >= 0.6 is 11.6 Å². The van der Waals surface area contributed by atoms with E-state index in [1.54, 1.807) is 38.3 Å². The molecular weight excluding hydrogens is 262 g/mol. The zero-order chi connectivity index (χ0) is 12.9. The maximum Gasteiger partial charge on any atom is 0.233 e. The Morgan fingerprint density at radius 3 is 2.41 bits per heavy atom. The van der Waals surface area contributed by atoms with E-state index >= 15 is 0 Å². The number of methoxy groups -OCH3 is 1. The largest absolute Gasteiger partial charge is 0.497 e. The van der Waals surface area contributed by atoms with Crippen LogP contribution in [-0.4, -0.2) is 27.2 Å². The Bertz CT molecular complexity index is 444. The molecule has 1 atom stereocenters. The lowest BCUT2D eigenvalue weighted by Crippen LogP contribution is -2.22. The third kappa shape index (κ3) is 4.83. The molecule has 0 radical (unpaired) electrons. The quantitative estimate of drug-likeness (QED) is 0.812. The van der Waals surface area contributed by atoms with Crippen LogP contribution in [0.2, 0.25) is 0 Å². The summed E-state index contributed by atoms with van der Waals surface area (Å²) in [5, 5.41) is 0. The van der Waals surface area contributed by atoms with Crippen LogP contribution in [-0.2, 0) is 10.0 Å². The van der Waals surface area contributed by atoms with Crippen LogP contribution in [0.3, 0.4) is 0 Å². The zero-order valence-electron chi connectivity index (χ0n) is 9.81. The number of nitrogens with one attached hydrogen (secondary N) is 1. The second-order valence-electron chi connectivity index (χ2n) is 3.87. The molecular formula is C11H16ClNO3S. The van der Waals surface area contributed by atoms with Gasteiger partial charge in [-0.25, -0.2) is 8.42 Å². The number of alkyl halides is 1. The first-order valence-corrected chi connectivity index (χ1v) is 7.36. The van der Waals surface area contributed by atoms with Gasteiger partial charge in [-0.1, -0.05) is 6.92 Å². The Morgan fingerprint density at radius 2 is 1.94 bits per heavy atom. The lowest BCUT2D eigenvalue weighted by atomic mass is 10.3. The first-order valence-electron chi connectivity index (χ1n) is 5.17. The predicted octanol–water partition coefficient (Wildman–Crippen LogP) is 2.31. The summed E-state index contributed by atoms with van der Waals surface area (Å²) in [6.07, 6.45) is 0. The first-order chi connectivity index (χ1) is 7.96. The van der Waals surface area contributed by atoms with Crippen molar-refractivity contribution in [2.75, 3.05) is 23.5 Å². The Labute approximate surface area is 107 Å². The summed E-state index contributed by atoms with van der Waals surface area (Å²) in [4.78, 5) is 0. The van der Waals surface area contributed by atoms with E-state index in [1.807, 2.05) is 0 Å². The van der Waals surface area contributed by atoms with Crippen LogP contribution in [0.4, 0.5) is 5.69 Å². The Hall–Kier alpha value is -0.940. The molecule has 0 amide bonds. The molecule has 1 aromatic rings. The Balaban J connectivity index is 2.69. The molecule has 4 nitrogen and oxygen atoms in total. The lowest BCUT2D eigenvalue weighted by molar-refractivity contribution is 0.415. The van der Waals surface area contributed by atoms with E-state index in [2.05, 4.69) is 4.72 Å². The van der Waals surface area contributed by atoms with Crippen molar-refractivity contribution in [3.8, 4) is 5.75 Å². The summed E-state index contributed by atoms with van der Waals surface area (Å²) < 4.78 is 30.9. The molecule has 0 saturated carbocycles. The number of anilines is 1. The second-order valence-corrected chi connectivity index (χ2v) is 5.95. The van der Waals surface area contributed by atoms with Crippen molar-refractivity contribution in [2.45, 2.75) is 6.92 Å². The van der Waals surface area contributed by atoms with Crippen LogP contribution < -0.4 is 9.46 Å². The van der Waals surface area contributed by atoms with Gasteiger partial charge in [0.2, 0.25) is 10.0 Å². The fourth-order valence-electron chi connectivity index (χ4n) is 1.30. The van der Waals surface area contributed by atoms with Crippen LogP contribution in [0.5, 0.6) is 5.75 Å². The molecule has 1 rings (SSSR count). The smallest absolute Gasteiger partial charge is 0.233 e. The lowest BCUT2D eigenvalue weighted by Gasteiger charge is -2.11. The van der Waals surface area contributed by atoms with Gasteiger partial charge in [-0.15, -0.1) is 11.6 Å². The second kappa shape index (κ2) is 6.12. The summed E-state index contributed by atoms with van der Waals surface area (Å²) >= 11 is 5.59. The fourth-order valence-corrected chi connectivity index (χ4v) is 2.98. The first kappa shape index (κ1) is 14.1. The highest BCUT2D eigenvalue weighted by molar-refractivity contribution is 7.92. The minimum atomic E-state index is -3.34. The fraction of sp³-hybridized carbons (Fsp3) is 0.455. The third-order valence-corrected chi connectivity index (χ3v) is 4.21. The van der Waals surface area contributed by atoms with Crippen molar-refractivity contribution in [1.29, 1.82) is 0 Å². The molecule has 6 heteroatoms. The number of benzene rings is 1. The van der Waals surface area contributed by atoms with Gasteiger partial charge < -0.3 is 4.74 Å². The minimum absolute atomic E-state index is 0.0164. The molecule has 0 spiro atoms. The van der Waals surface area contributed by atoms with Gasteiger partial charge in [-0.3, -0.25) is 4.72 Å². The van der Waals surface area contributed by atoms with E-state index in [0.29, 0.717) is 17.3 Å². The van der Waals surface area contributed by atoms with E-state index in [1.165, 1.54) is 0 Å². The molecule has 17 heavy (non-hydrogen) atoms. The highest BCUT2D eigenvalue weighted by Crippen LogP contribution is 2.17. The summed E-state index contributed by atoms with van der Waals surface area (Å²) in [6.45, 7) is 1.79. The third-order valence-electron chi connectivity index (χ3n) is 2.13. The van der Waals surface area contributed by atoms with Crippen molar-refractivity contribution < 1.29 is 13.2 Å². The topological polar surface area (TPSA) is 55.4 Å². The van der Waals surface area contributed by atoms with E-state index < -0.39 is 10.0 Å². The Kier molecular flexibility index (Phi) is 5.08. The SMILES string of the molecule is COc1ccc(NS(=O)(=O)CC(C)CCl)cc1. The van der Waals surface area contributed by atoms with E-state index in [9.17, 15) is 8.42 Å². The van der Waals surface area contributed by atoms with E-state index in [4.69, 9.17) is 16.3 Å². The van der Waals surface area contributed by atoms with Gasteiger partial charge in [-0.05, 0) is 30.2 Å². The minimum Gasteiger partial charge on any atom is -0.497 e. The monoisotopic (exact) mass is 277 g/mol. The van der Waals surface area contributed by atoms with Gasteiger partial charge in [0, 0.05) is 11.6 Å². The average molecular weight is 278 g/mol. The molecule has 0 bridgehead atoms. The summed E-state index contributed by atoms with van der Waals surface area (Å²) in [5.74, 6) is 0.945. The standard InChI is InChI=1S/C11H16ClNO3S/c1-9(7-12)8-17(14,15)13-10-3-5-11(16-2)6-4-10/h3-6,9,13H,7-8H2,1-2H3. The van der Waals surface area contributed by atoms with Gasteiger partial charge in [0.1, 0.15) is 5.75 Å². The maximum atomic E-state index is 11.7. The highest BCUT2D eigenvalue weighted by atomic mass is 35.5. The molecule has 96 valence electrons. The number of ether oxygens (including phenoxy) is 1. The summed E-state index contributed by atoms with van der Waals surface area (Å²) in [5.41, 5.74) is 0.521. The number of rotatable bonds is 6. The van der Waals surface area contributed by atoms with Gasteiger partial charge >= 0.3 is 0 Å². The van der Waals surface area contributed by atoms with Crippen LogP contribution in [0.25, 0.3) is 0 Å². The normalized spacial score (nSPS) is 13.1. The van der Waals surface area contributed by atoms with Crippen molar-refractivity contribution in [3.05, 3.63) is 24.3 Å². The van der Waals surface area contributed by atoms with Crippen molar-refractivity contribution >= 4 is 27.3 Å². The zero-order valence-corrected chi connectivity index (χ0v) is 11.4. The summed E-state index contributed by atoms with van der Waals surface area (Å²) in [6, 6.07) is 6.70. The maximum absolute atomic E-state index is 11.7. The van der Waals surface area contributed by atoms with Crippen LogP contribution in [0.15, 0.2) is 24.3 Å². The molecule has 0 aliphatic carbocycles. The van der Waals surface area contributed by atoms with Crippen molar-refractivity contribution in [2.24, 2.45) is 5.92 Å². The average Bonchev–Trinajstić information content (AvgIpc) is 2.28. The van der Waals surface area contributed by atoms with E-state index in [-0.39, 0.29) is 11.7 Å². The van der Waals surface area contributed by atoms with Crippen LogP contribution in [0.1, 0.15) is 6.92 Å². The molecule has 0 aromatic heterocycles. The molecule has 0 aliphatic rings. The Morgan fingerprint density at radius 1 is 1.35 bits per heavy atom. The molecule has 1 aromatic carbocycles. The van der Waals surface area contributed by atoms with Crippen molar-refractivity contribution in [3.63, 3.8) is 0 Å². The molecule has 0 fully saturated rings. The molecule has 0 aliphatic heterocycles. The molecule has 1 N–H and O–H groups in total. The van der Waals surface area contributed by atoms with Crippen LogP contribution in [0, 0.1) is 5.92 Å². The predicted molar refractivity (Wildman–Crippen MR) is 70.3 cm³/mol. The number of halogens is 1. The highest BCUT2D eigenvalue weighted by Gasteiger charge is 2.14.